The summed E-state index contributed by atoms with van der Waals surface area (Å²) in [4.78, 5) is 7.09. The van der Waals surface area contributed by atoms with Gasteiger partial charge < -0.3 is 13.7 Å². The van der Waals surface area contributed by atoms with Crippen LogP contribution in [0.15, 0.2) is 203 Å². The summed E-state index contributed by atoms with van der Waals surface area (Å²) < 4.78 is 12.7. The fourth-order valence-corrected chi connectivity index (χ4v) is 8.00. The Morgan fingerprint density at radius 1 is 0.364 bits per heavy atom. The Hall–Kier alpha value is -7.43. The Balaban J connectivity index is 1.01. The van der Waals surface area contributed by atoms with Crippen molar-refractivity contribution in [2.45, 2.75) is 0 Å². The second-order valence-electron chi connectivity index (χ2n) is 14.0. The minimum Gasteiger partial charge on any atom is -0.456 e. The first-order valence-electron chi connectivity index (χ1n) is 18.5. The molecule has 0 atom stereocenters. The molecule has 11 rings (SSSR count). The van der Waals surface area contributed by atoms with Gasteiger partial charge in [-0.15, -0.1) is 0 Å². The molecule has 9 aromatic carbocycles. The standard InChI is InChI=1S/C51H32N2O2/c1-2-10-33(11-3-1)35-18-24-39(25-19-35)53(41-28-20-34-12-4-5-13-37(34)30-41)40-26-21-36(22-27-40)44-32-49-50(43-15-7-6-14-42(43)44)45-31-38(23-29-47(45)54-49)51-52-46-16-8-9-17-48(46)55-51/h1-32H. The zero-order chi connectivity index (χ0) is 36.3. The van der Waals surface area contributed by atoms with Crippen molar-refractivity contribution in [1.82, 2.24) is 4.98 Å². The molecule has 0 aliphatic heterocycles. The van der Waals surface area contributed by atoms with Crippen LogP contribution < -0.4 is 4.90 Å². The monoisotopic (exact) mass is 704 g/mol. The Bertz CT molecular complexity index is 3160. The molecule has 4 nitrogen and oxygen atoms in total. The van der Waals surface area contributed by atoms with Crippen LogP contribution in [0.5, 0.6) is 0 Å². The average Bonchev–Trinajstić information content (AvgIpc) is 3.86. The van der Waals surface area contributed by atoms with Gasteiger partial charge in [-0.05, 0) is 117 Å². The van der Waals surface area contributed by atoms with Crippen LogP contribution >= 0.6 is 0 Å². The van der Waals surface area contributed by atoms with Crippen molar-refractivity contribution in [1.29, 1.82) is 0 Å². The molecule has 4 heteroatoms. The molecule has 2 heterocycles. The predicted molar refractivity (Wildman–Crippen MR) is 227 cm³/mol. The number of hydrogen-bond acceptors (Lipinski definition) is 4. The van der Waals surface area contributed by atoms with E-state index in [1.54, 1.807) is 0 Å². The number of benzene rings is 9. The van der Waals surface area contributed by atoms with Crippen LogP contribution in [0, 0.1) is 0 Å². The van der Waals surface area contributed by atoms with Gasteiger partial charge in [-0.2, -0.15) is 0 Å². The second kappa shape index (κ2) is 12.6. The second-order valence-corrected chi connectivity index (χ2v) is 14.0. The quantitative estimate of drug-likeness (QED) is 0.173. The Kier molecular flexibility index (Phi) is 7.14. The van der Waals surface area contributed by atoms with Gasteiger partial charge >= 0.3 is 0 Å². The lowest BCUT2D eigenvalue weighted by Gasteiger charge is -2.26. The van der Waals surface area contributed by atoms with Crippen molar-refractivity contribution in [3.8, 4) is 33.7 Å². The maximum atomic E-state index is 6.57. The van der Waals surface area contributed by atoms with Gasteiger partial charge in [0, 0.05) is 33.4 Å². The summed E-state index contributed by atoms with van der Waals surface area (Å²) in [7, 11) is 0. The third-order valence-corrected chi connectivity index (χ3v) is 10.7. The first-order chi connectivity index (χ1) is 27.2. The van der Waals surface area contributed by atoms with E-state index in [1.807, 2.05) is 36.4 Å². The topological polar surface area (TPSA) is 42.4 Å². The maximum absolute atomic E-state index is 6.57. The minimum atomic E-state index is 0.600. The summed E-state index contributed by atoms with van der Waals surface area (Å²) in [6, 6.07) is 68.3. The SMILES string of the molecule is c1ccc(-c2ccc(N(c3ccc(-c4cc5oc6ccc(-c7nc8ccccc8o7)cc6c5c5ccccc45)cc3)c3ccc4ccccc4c3)cc2)cc1. The highest BCUT2D eigenvalue weighted by Gasteiger charge is 2.19. The van der Waals surface area contributed by atoms with Gasteiger partial charge in [0.1, 0.15) is 16.7 Å². The summed E-state index contributed by atoms with van der Waals surface area (Å²) in [6.45, 7) is 0. The number of rotatable bonds is 6. The van der Waals surface area contributed by atoms with E-state index in [4.69, 9.17) is 13.8 Å². The number of oxazole rings is 1. The summed E-state index contributed by atoms with van der Waals surface area (Å²) in [5.74, 6) is 0.600. The minimum absolute atomic E-state index is 0.600. The van der Waals surface area contributed by atoms with E-state index in [0.29, 0.717) is 5.89 Å². The van der Waals surface area contributed by atoms with Crippen LogP contribution in [0.4, 0.5) is 17.1 Å². The van der Waals surface area contributed by atoms with Crippen molar-refractivity contribution in [3.05, 3.63) is 194 Å². The van der Waals surface area contributed by atoms with Crippen molar-refractivity contribution in [2.75, 3.05) is 4.90 Å². The van der Waals surface area contributed by atoms with Gasteiger partial charge in [-0.25, -0.2) is 4.98 Å². The van der Waals surface area contributed by atoms with Crippen LogP contribution in [-0.4, -0.2) is 4.98 Å². The van der Waals surface area contributed by atoms with Gasteiger partial charge in [0.2, 0.25) is 5.89 Å². The molecule has 55 heavy (non-hydrogen) atoms. The third-order valence-electron chi connectivity index (χ3n) is 10.7. The first kappa shape index (κ1) is 31.1. The summed E-state index contributed by atoms with van der Waals surface area (Å²) in [6.07, 6.45) is 0. The fourth-order valence-electron chi connectivity index (χ4n) is 8.00. The van der Waals surface area contributed by atoms with Gasteiger partial charge in [0.15, 0.2) is 5.58 Å². The van der Waals surface area contributed by atoms with Crippen LogP contribution in [0.2, 0.25) is 0 Å². The number of para-hydroxylation sites is 2. The van der Waals surface area contributed by atoms with Gasteiger partial charge in [-0.1, -0.05) is 121 Å². The van der Waals surface area contributed by atoms with Crippen LogP contribution in [0.1, 0.15) is 0 Å². The summed E-state index contributed by atoms with van der Waals surface area (Å²) >= 11 is 0. The predicted octanol–water partition coefficient (Wildman–Crippen LogP) is 14.5. The van der Waals surface area contributed by atoms with Gasteiger partial charge in [-0.3, -0.25) is 0 Å². The molecule has 0 aliphatic rings. The molecule has 0 fully saturated rings. The van der Waals surface area contributed by atoms with Gasteiger partial charge in [0.25, 0.3) is 0 Å². The highest BCUT2D eigenvalue weighted by molar-refractivity contribution is 6.22. The first-order valence-corrected chi connectivity index (χ1v) is 18.5. The molecule has 0 unspecified atom stereocenters. The molecule has 2 aromatic heterocycles. The normalized spacial score (nSPS) is 11.6. The zero-order valence-electron chi connectivity index (χ0n) is 29.7. The Morgan fingerprint density at radius 3 is 1.80 bits per heavy atom. The third kappa shape index (κ3) is 5.34. The van der Waals surface area contributed by atoms with E-state index in [0.717, 1.165) is 72.2 Å². The maximum Gasteiger partial charge on any atom is 0.227 e. The number of anilines is 3. The largest absolute Gasteiger partial charge is 0.456 e. The summed E-state index contributed by atoms with van der Waals surface area (Å²) in [5.41, 5.74) is 12.1. The van der Waals surface area contributed by atoms with E-state index >= 15 is 0 Å². The lowest BCUT2D eigenvalue weighted by atomic mass is 9.94. The number of furan rings is 1. The molecule has 258 valence electrons. The van der Waals surface area contributed by atoms with E-state index in [-0.39, 0.29) is 0 Å². The van der Waals surface area contributed by atoms with E-state index in [9.17, 15) is 0 Å². The molecule has 11 aromatic rings. The highest BCUT2D eigenvalue weighted by atomic mass is 16.3. The fraction of sp³-hybridized carbons (Fsp3) is 0. The van der Waals surface area contributed by atoms with Crippen LogP contribution in [0.25, 0.3) is 88.3 Å². The molecule has 0 bridgehead atoms. The average molecular weight is 705 g/mol. The number of nitrogens with zero attached hydrogens (tertiary/aromatic N) is 2. The summed E-state index contributed by atoms with van der Waals surface area (Å²) in [5, 5.41) is 6.86. The zero-order valence-corrected chi connectivity index (χ0v) is 29.7. The van der Waals surface area contributed by atoms with Gasteiger partial charge in [0.05, 0.1) is 0 Å². The van der Waals surface area contributed by atoms with Crippen molar-refractivity contribution >= 4 is 71.6 Å². The molecule has 0 spiro atoms. The van der Waals surface area contributed by atoms with E-state index in [2.05, 4.69) is 163 Å². The molecular weight excluding hydrogens is 673 g/mol. The van der Waals surface area contributed by atoms with Crippen molar-refractivity contribution in [2.24, 2.45) is 0 Å². The molecule has 0 amide bonds. The smallest absolute Gasteiger partial charge is 0.227 e. The molecule has 0 radical (unpaired) electrons. The lowest BCUT2D eigenvalue weighted by molar-refractivity contribution is 0.620. The number of fused-ring (bicyclic) bond motifs is 7. The molecule has 0 saturated heterocycles. The van der Waals surface area contributed by atoms with Crippen molar-refractivity contribution < 1.29 is 8.83 Å². The Morgan fingerprint density at radius 2 is 1.00 bits per heavy atom. The van der Waals surface area contributed by atoms with Crippen LogP contribution in [0.3, 0.4) is 0 Å². The molecule has 0 aliphatic carbocycles. The Labute approximate surface area is 317 Å². The molecular formula is C51H32N2O2. The van der Waals surface area contributed by atoms with Crippen molar-refractivity contribution in [3.63, 3.8) is 0 Å². The lowest BCUT2D eigenvalue weighted by Crippen LogP contribution is -2.09. The molecule has 0 N–H and O–H groups in total. The van der Waals surface area contributed by atoms with E-state index in [1.165, 1.54) is 27.3 Å². The van der Waals surface area contributed by atoms with E-state index < -0.39 is 0 Å². The number of hydrogen-bond donors (Lipinski definition) is 0. The molecule has 0 saturated carbocycles. The van der Waals surface area contributed by atoms with Crippen LogP contribution in [-0.2, 0) is 0 Å². The number of aromatic nitrogens is 1. The highest BCUT2D eigenvalue weighted by Crippen LogP contribution is 2.43.